The summed E-state index contributed by atoms with van der Waals surface area (Å²) in [4.78, 5) is 11.9. The van der Waals surface area contributed by atoms with Crippen LogP contribution in [0.5, 0.6) is 0 Å². The minimum absolute atomic E-state index is 0.0504. The second kappa shape index (κ2) is 7.17. The summed E-state index contributed by atoms with van der Waals surface area (Å²) >= 11 is 1.60. The summed E-state index contributed by atoms with van der Waals surface area (Å²) in [6, 6.07) is 0.0504. The molecule has 2 atom stereocenters. The number of carbonyl (C=O) groups excluding carboxylic acids is 1. The number of rotatable bonds is 5. The fourth-order valence-corrected chi connectivity index (χ4v) is 2.86. The van der Waals surface area contributed by atoms with E-state index in [-0.39, 0.29) is 29.7 Å². The summed E-state index contributed by atoms with van der Waals surface area (Å²) < 4.78 is 0. The Kier molecular flexibility index (Phi) is 6.21. The van der Waals surface area contributed by atoms with E-state index >= 15 is 0 Å². The van der Waals surface area contributed by atoms with Crippen LogP contribution in [-0.2, 0) is 4.79 Å². The molecule has 1 aliphatic carbocycles. The van der Waals surface area contributed by atoms with Crippen LogP contribution < -0.4 is 5.32 Å². The highest BCUT2D eigenvalue weighted by Crippen LogP contribution is 2.24. The Morgan fingerprint density at radius 2 is 2.06 bits per heavy atom. The number of aliphatic hydroxyl groups excluding tert-OH is 1. The lowest BCUT2D eigenvalue weighted by atomic mass is 9.88. The summed E-state index contributed by atoms with van der Waals surface area (Å²) in [5, 5.41) is 12.3. The molecule has 0 aliphatic heterocycles. The van der Waals surface area contributed by atoms with Gasteiger partial charge in [-0.25, -0.2) is 0 Å². The van der Waals surface area contributed by atoms with Crippen molar-refractivity contribution < 1.29 is 9.90 Å². The van der Waals surface area contributed by atoms with Crippen LogP contribution in [0.15, 0.2) is 0 Å². The van der Waals surface area contributed by atoms with Crippen LogP contribution in [0.4, 0.5) is 0 Å². The number of aliphatic hydroxyl groups is 1. The van der Waals surface area contributed by atoms with Crippen LogP contribution in [-0.4, -0.2) is 35.2 Å². The SMILES string of the molecule is CSC(CO)C(C)NC(=O)C1CCCCC1. The van der Waals surface area contributed by atoms with Gasteiger partial charge in [0.1, 0.15) is 0 Å². The van der Waals surface area contributed by atoms with Gasteiger partial charge in [-0.15, -0.1) is 0 Å². The zero-order valence-corrected chi connectivity index (χ0v) is 11.1. The quantitative estimate of drug-likeness (QED) is 0.776. The summed E-state index contributed by atoms with van der Waals surface area (Å²) in [6.07, 6.45) is 7.65. The van der Waals surface area contributed by atoms with Gasteiger partial charge in [-0.3, -0.25) is 4.79 Å². The summed E-state index contributed by atoms with van der Waals surface area (Å²) in [6.45, 7) is 2.09. The molecule has 16 heavy (non-hydrogen) atoms. The minimum Gasteiger partial charge on any atom is -0.395 e. The maximum atomic E-state index is 11.9. The highest BCUT2D eigenvalue weighted by Gasteiger charge is 2.24. The van der Waals surface area contributed by atoms with E-state index in [1.165, 1.54) is 19.3 Å². The average Bonchev–Trinajstić information content (AvgIpc) is 2.31. The van der Waals surface area contributed by atoms with E-state index in [9.17, 15) is 4.79 Å². The van der Waals surface area contributed by atoms with Crippen molar-refractivity contribution in [3.8, 4) is 0 Å². The Morgan fingerprint density at radius 1 is 1.44 bits per heavy atom. The topological polar surface area (TPSA) is 49.3 Å². The highest BCUT2D eigenvalue weighted by atomic mass is 32.2. The molecule has 0 aromatic carbocycles. The third-order valence-electron chi connectivity index (χ3n) is 3.39. The molecule has 0 radical (unpaired) electrons. The maximum Gasteiger partial charge on any atom is 0.223 e. The van der Waals surface area contributed by atoms with Gasteiger partial charge >= 0.3 is 0 Å². The molecule has 3 nitrogen and oxygen atoms in total. The lowest BCUT2D eigenvalue weighted by Gasteiger charge is -2.26. The fourth-order valence-electron chi connectivity index (χ4n) is 2.24. The van der Waals surface area contributed by atoms with Crippen molar-refractivity contribution in [1.82, 2.24) is 5.32 Å². The van der Waals surface area contributed by atoms with E-state index in [0.717, 1.165) is 12.8 Å². The molecule has 0 saturated heterocycles. The lowest BCUT2D eigenvalue weighted by molar-refractivity contribution is -0.126. The zero-order valence-electron chi connectivity index (χ0n) is 10.2. The Balaban J connectivity index is 2.37. The fraction of sp³-hybridized carbons (Fsp3) is 0.917. The van der Waals surface area contributed by atoms with Gasteiger partial charge in [0.2, 0.25) is 5.91 Å². The van der Waals surface area contributed by atoms with E-state index in [1.54, 1.807) is 11.8 Å². The first-order valence-corrected chi connectivity index (χ1v) is 7.41. The number of nitrogens with one attached hydrogen (secondary N) is 1. The van der Waals surface area contributed by atoms with Crippen LogP contribution >= 0.6 is 11.8 Å². The minimum atomic E-state index is 0.0504. The first-order chi connectivity index (χ1) is 7.69. The average molecular weight is 245 g/mol. The van der Waals surface area contributed by atoms with Crippen molar-refractivity contribution in [2.24, 2.45) is 5.92 Å². The van der Waals surface area contributed by atoms with Crippen LogP contribution in [0, 0.1) is 5.92 Å². The van der Waals surface area contributed by atoms with E-state index in [2.05, 4.69) is 5.32 Å². The number of hydrogen-bond donors (Lipinski definition) is 2. The summed E-state index contributed by atoms with van der Waals surface area (Å²) in [7, 11) is 0. The molecule has 1 fully saturated rings. The number of thioether (sulfide) groups is 1. The normalized spacial score (nSPS) is 21.4. The van der Waals surface area contributed by atoms with E-state index in [1.807, 2.05) is 13.2 Å². The Labute approximate surface area is 102 Å². The second-order valence-corrected chi connectivity index (χ2v) is 5.67. The lowest BCUT2D eigenvalue weighted by Crippen LogP contribution is -2.44. The van der Waals surface area contributed by atoms with E-state index in [0.29, 0.717) is 0 Å². The van der Waals surface area contributed by atoms with E-state index < -0.39 is 0 Å². The predicted octanol–water partition coefficient (Wildman–Crippen LogP) is 1.80. The van der Waals surface area contributed by atoms with Crippen molar-refractivity contribution in [3.05, 3.63) is 0 Å². The van der Waals surface area contributed by atoms with Gasteiger partial charge in [-0.05, 0) is 26.0 Å². The molecular formula is C12H23NO2S. The Morgan fingerprint density at radius 3 is 2.56 bits per heavy atom. The first kappa shape index (κ1) is 13.8. The van der Waals surface area contributed by atoms with Crippen molar-refractivity contribution in [3.63, 3.8) is 0 Å². The second-order valence-electron chi connectivity index (χ2n) is 4.59. The molecule has 1 aliphatic rings. The van der Waals surface area contributed by atoms with Crippen LogP contribution in [0.3, 0.4) is 0 Å². The largest absolute Gasteiger partial charge is 0.395 e. The zero-order chi connectivity index (χ0) is 12.0. The van der Waals surface area contributed by atoms with Gasteiger partial charge < -0.3 is 10.4 Å². The van der Waals surface area contributed by atoms with Gasteiger partial charge in [0.15, 0.2) is 0 Å². The van der Waals surface area contributed by atoms with Gasteiger partial charge in [-0.1, -0.05) is 19.3 Å². The van der Waals surface area contributed by atoms with Crippen molar-refractivity contribution in [2.45, 2.75) is 50.3 Å². The molecule has 2 unspecified atom stereocenters. The molecule has 0 aromatic heterocycles. The van der Waals surface area contributed by atoms with Gasteiger partial charge in [-0.2, -0.15) is 11.8 Å². The molecule has 4 heteroatoms. The maximum absolute atomic E-state index is 11.9. The number of hydrogen-bond acceptors (Lipinski definition) is 3. The highest BCUT2D eigenvalue weighted by molar-refractivity contribution is 7.99. The van der Waals surface area contributed by atoms with Gasteiger partial charge in [0.25, 0.3) is 0 Å². The predicted molar refractivity (Wildman–Crippen MR) is 68.6 cm³/mol. The molecule has 1 amide bonds. The third-order valence-corrected chi connectivity index (χ3v) is 4.55. The number of amides is 1. The molecule has 94 valence electrons. The van der Waals surface area contributed by atoms with Gasteiger partial charge in [0, 0.05) is 17.2 Å². The molecule has 2 N–H and O–H groups in total. The molecule has 0 bridgehead atoms. The molecule has 0 spiro atoms. The van der Waals surface area contributed by atoms with Crippen LogP contribution in [0.1, 0.15) is 39.0 Å². The standard InChI is InChI=1S/C12H23NO2S/c1-9(11(8-14)16-2)13-12(15)10-6-4-3-5-7-10/h9-11,14H,3-8H2,1-2H3,(H,13,15). The molecule has 0 heterocycles. The monoisotopic (exact) mass is 245 g/mol. The summed E-state index contributed by atoms with van der Waals surface area (Å²) in [5.41, 5.74) is 0. The summed E-state index contributed by atoms with van der Waals surface area (Å²) in [5.74, 6) is 0.386. The first-order valence-electron chi connectivity index (χ1n) is 6.13. The van der Waals surface area contributed by atoms with Crippen LogP contribution in [0.25, 0.3) is 0 Å². The molecular weight excluding hydrogens is 222 g/mol. The third kappa shape index (κ3) is 3.98. The number of carbonyl (C=O) groups is 1. The van der Waals surface area contributed by atoms with Gasteiger partial charge in [0.05, 0.1) is 6.61 Å². The molecule has 1 rings (SSSR count). The van der Waals surface area contributed by atoms with Crippen LogP contribution in [0.2, 0.25) is 0 Å². The van der Waals surface area contributed by atoms with Crippen molar-refractivity contribution in [2.75, 3.05) is 12.9 Å². The molecule has 0 aromatic rings. The Bertz CT molecular complexity index is 213. The molecule has 1 saturated carbocycles. The smallest absolute Gasteiger partial charge is 0.223 e. The Hall–Kier alpha value is -0.220. The van der Waals surface area contributed by atoms with Crippen molar-refractivity contribution in [1.29, 1.82) is 0 Å². The van der Waals surface area contributed by atoms with Crippen molar-refractivity contribution >= 4 is 17.7 Å². The van der Waals surface area contributed by atoms with E-state index in [4.69, 9.17) is 5.11 Å².